The van der Waals surface area contributed by atoms with Crippen LogP contribution in [0, 0.1) is 17.0 Å². The summed E-state index contributed by atoms with van der Waals surface area (Å²) in [7, 11) is -4.20. The average Bonchev–Trinajstić information content (AvgIpc) is 3.68. The number of piperidine rings is 2. The van der Waals surface area contributed by atoms with E-state index < -0.39 is 39.2 Å². The summed E-state index contributed by atoms with van der Waals surface area (Å²) in [5, 5.41) is 10.7. The first-order valence-electron chi connectivity index (χ1n) is 15.0. The van der Waals surface area contributed by atoms with Gasteiger partial charge in [0.05, 0.1) is 29.0 Å². The molecule has 3 aliphatic heterocycles. The summed E-state index contributed by atoms with van der Waals surface area (Å²) in [6, 6.07) is 7.33. The van der Waals surface area contributed by atoms with Gasteiger partial charge in [-0.25, -0.2) is 17.2 Å². The maximum absolute atomic E-state index is 14.5. The van der Waals surface area contributed by atoms with Gasteiger partial charge >= 0.3 is 0 Å². The molecule has 1 saturated carbocycles. The maximum atomic E-state index is 14.5. The van der Waals surface area contributed by atoms with Crippen LogP contribution in [0.4, 0.5) is 8.78 Å². The fraction of sp³-hybridized carbons (Fsp3) is 0.581. The summed E-state index contributed by atoms with van der Waals surface area (Å²) in [5.74, 6) is -1.67. The predicted octanol–water partition coefficient (Wildman–Crippen LogP) is 5.13. The summed E-state index contributed by atoms with van der Waals surface area (Å²) in [5.41, 5.74) is -0.716. The number of aliphatic hydroxyl groups excluding tert-OH is 1. The number of amides is 1. The van der Waals surface area contributed by atoms with Gasteiger partial charge in [-0.2, -0.15) is 4.31 Å². The first-order chi connectivity index (χ1) is 20.1. The third-order valence-electron chi connectivity index (χ3n) is 9.85. The van der Waals surface area contributed by atoms with Crippen molar-refractivity contribution in [2.24, 2.45) is 5.41 Å². The smallest absolute Gasteiger partial charge is 0.243 e. The average molecular weight is 622 g/mol. The number of likely N-dealkylation sites (tertiary alicyclic amines) is 2. The molecule has 1 amide bonds. The van der Waals surface area contributed by atoms with E-state index in [-0.39, 0.29) is 35.1 Å². The Morgan fingerprint density at radius 3 is 2.26 bits per heavy atom. The van der Waals surface area contributed by atoms with Crippen molar-refractivity contribution in [3.8, 4) is 0 Å². The number of carbonyl (C=O) groups excluding carboxylic acids is 1. The van der Waals surface area contributed by atoms with Crippen molar-refractivity contribution in [3.63, 3.8) is 0 Å². The van der Waals surface area contributed by atoms with Crippen LogP contribution in [0.2, 0.25) is 5.02 Å². The molecule has 3 heterocycles. The van der Waals surface area contributed by atoms with E-state index in [1.165, 1.54) is 47.1 Å². The quantitative estimate of drug-likeness (QED) is 0.464. The molecule has 3 saturated heterocycles. The molecular formula is C31H38ClF2N3O4S. The molecule has 4 fully saturated rings. The van der Waals surface area contributed by atoms with Crippen molar-refractivity contribution < 1.29 is 27.1 Å². The minimum Gasteiger partial charge on any atom is -0.394 e. The second-order valence-electron chi connectivity index (χ2n) is 12.4. The molecule has 0 aromatic heterocycles. The van der Waals surface area contributed by atoms with Crippen LogP contribution in [0.3, 0.4) is 0 Å². The van der Waals surface area contributed by atoms with Crippen LogP contribution >= 0.6 is 11.6 Å². The van der Waals surface area contributed by atoms with Crippen molar-refractivity contribution in [1.29, 1.82) is 0 Å². The number of hydrogen-bond donors (Lipinski definition) is 1. The van der Waals surface area contributed by atoms with E-state index in [4.69, 9.17) is 11.6 Å². The van der Waals surface area contributed by atoms with Gasteiger partial charge in [0, 0.05) is 29.7 Å². The number of rotatable bonds is 7. The zero-order valence-corrected chi connectivity index (χ0v) is 25.2. The lowest BCUT2D eigenvalue weighted by Gasteiger charge is -2.45. The lowest BCUT2D eigenvalue weighted by Crippen LogP contribution is -2.55. The lowest BCUT2D eigenvalue weighted by molar-refractivity contribution is -0.141. The summed E-state index contributed by atoms with van der Waals surface area (Å²) < 4.78 is 59.0. The molecule has 2 aromatic carbocycles. The molecule has 0 bridgehead atoms. The lowest BCUT2D eigenvalue weighted by atomic mass is 9.84. The number of halogens is 3. The van der Waals surface area contributed by atoms with Crippen molar-refractivity contribution in [2.75, 3.05) is 26.2 Å². The molecule has 0 radical (unpaired) electrons. The first kappa shape index (κ1) is 29.9. The summed E-state index contributed by atoms with van der Waals surface area (Å²) in [6.45, 7) is 2.34. The predicted molar refractivity (Wildman–Crippen MR) is 155 cm³/mol. The Morgan fingerprint density at radius 2 is 1.64 bits per heavy atom. The molecule has 42 heavy (non-hydrogen) atoms. The van der Waals surface area contributed by atoms with E-state index in [0.29, 0.717) is 50.1 Å². The van der Waals surface area contributed by atoms with Crippen LogP contribution in [-0.2, 0) is 14.8 Å². The van der Waals surface area contributed by atoms with Gasteiger partial charge < -0.3 is 10.0 Å². The second kappa shape index (κ2) is 11.8. The summed E-state index contributed by atoms with van der Waals surface area (Å²) in [4.78, 5) is 18.7. The monoisotopic (exact) mass is 621 g/mol. The van der Waals surface area contributed by atoms with Gasteiger partial charge in [-0.3, -0.25) is 9.69 Å². The van der Waals surface area contributed by atoms with E-state index in [1.54, 1.807) is 4.90 Å². The van der Waals surface area contributed by atoms with Crippen molar-refractivity contribution >= 4 is 27.5 Å². The molecule has 7 nitrogen and oxygen atoms in total. The van der Waals surface area contributed by atoms with Crippen LogP contribution < -0.4 is 0 Å². The second-order valence-corrected chi connectivity index (χ2v) is 14.7. The number of sulfonamides is 1. The molecule has 4 atom stereocenters. The van der Waals surface area contributed by atoms with E-state index in [1.807, 2.05) is 0 Å². The molecule has 1 aliphatic carbocycles. The number of carbonyl (C=O) groups is 1. The highest BCUT2D eigenvalue weighted by Crippen LogP contribution is 2.58. The Bertz CT molecular complexity index is 1400. The van der Waals surface area contributed by atoms with Crippen molar-refractivity contribution in [1.82, 2.24) is 14.1 Å². The Balaban J connectivity index is 1.37. The Labute approximate surface area is 251 Å². The number of benzene rings is 2. The number of nitrogens with zero attached hydrogens (tertiary/aromatic N) is 3. The Morgan fingerprint density at radius 1 is 0.976 bits per heavy atom. The van der Waals surface area contributed by atoms with Gasteiger partial charge in [0.25, 0.3) is 0 Å². The molecule has 6 rings (SSSR count). The van der Waals surface area contributed by atoms with Crippen LogP contribution in [0.5, 0.6) is 0 Å². The molecule has 2 aromatic rings. The van der Waals surface area contributed by atoms with Gasteiger partial charge in [0.2, 0.25) is 15.9 Å². The minimum atomic E-state index is -4.20. The standard InChI is InChI=1S/C31H38ClF2N3O4S/c32-22-7-9-27(10-8-22)42(40,41)37-28(21-15-23(33)17-24(34)16-21)5-4-6-29(37)31(11-12-31)30(39)36-19-25(18-26(36)20-38)35-13-2-1-3-14-35/h7-10,15-17,25-26,28-29,38H,1-6,11-14,18-20H2/t25-,26+,28-,29+/m0/s1. The maximum Gasteiger partial charge on any atom is 0.243 e. The third kappa shape index (κ3) is 5.49. The SMILES string of the molecule is O=C(N1C[C@@H](N2CCCCC2)C[C@@H]1CO)C1([C@H]2CCC[C@@H](c3cc(F)cc(F)c3)N2S(=O)(=O)c2ccc(Cl)cc2)CC1. The van der Waals surface area contributed by atoms with Gasteiger partial charge in [0.15, 0.2) is 0 Å². The van der Waals surface area contributed by atoms with Crippen LogP contribution in [0.15, 0.2) is 47.4 Å². The van der Waals surface area contributed by atoms with Gasteiger partial charge in [-0.15, -0.1) is 0 Å². The highest BCUT2D eigenvalue weighted by molar-refractivity contribution is 7.89. The molecule has 1 N–H and O–H groups in total. The highest BCUT2D eigenvalue weighted by atomic mass is 35.5. The highest BCUT2D eigenvalue weighted by Gasteiger charge is 2.63. The number of hydrogen-bond acceptors (Lipinski definition) is 5. The van der Waals surface area contributed by atoms with Gasteiger partial charge in [-0.1, -0.05) is 18.0 Å². The van der Waals surface area contributed by atoms with Crippen LogP contribution in [0.25, 0.3) is 0 Å². The van der Waals surface area contributed by atoms with Gasteiger partial charge in [0.1, 0.15) is 11.6 Å². The zero-order valence-electron chi connectivity index (χ0n) is 23.6. The number of aliphatic hydroxyl groups is 1. The van der Waals surface area contributed by atoms with Crippen LogP contribution in [-0.4, -0.2) is 77.9 Å². The fourth-order valence-corrected chi connectivity index (χ4v) is 9.67. The van der Waals surface area contributed by atoms with E-state index in [2.05, 4.69) is 4.90 Å². The Kier molecular flexibility index (Phi) is 8.39. The fourth-order valence-electron chi connectivity index (χ4n) is 7.61. The summed E-state index contributed by atoms with van der Waals surface area (Å²) in [6.07, 6.45) is 6.63. The van der Waals surface area contributed by atoms with Crippen molar-refractivity contribution in [2.45, 2.75) is 86.9 Å². The van der Waals surface area contributed by atoms with Crippen LogP contribution in [0.1, 0.15) is 69.4 Å². The summed E-state index contributed by atoms with van der Waals surface area (Å²) >= 11 is 6.06. The normalized spacial score (nSPS) is 28.6. The largest absolute Gasteiger partial charge is 0.394 e. The van der Waals surface area contributed by atoms with Gasteiger partial charge in [-0.05, 0) is 106 Å². The molecule has 4 aliphatic rings. The Hall–Kier alpha value is -2.11. The van der Waals surface area contributed by atoms with E-state index in [9.17, 15) is 27.1 Å². The van der Waals surface area contributed by atoms with E-state index in [0.717, 1.165) is 32.0 Å². The molecule has 11 heteroatoms. The molecule has 228 valence electrons. The topological polar surface area (TPSA) is 81.2 Å². The van der Waals surface area contributed by atoms with E-state index >= 15 is 0 Å². The van der Waals surface area contributed by atoms with Crippen molar-refractivity contribution in [3.05, 3.63) is 64.7 Å². The molecular weight excluding hydrogens is 584 g/mol. The molecule has 0 unspecified atom stereocenters. The minimum absolute atomic E-state index is 0.0171. The third-order valence-corrected chi connectivity index (χ3v) is 12.0. The first-order valence-corrected chi connectivity index (χ1v) is 16.9. The zero-order chi connectivity index (χ0) is 29.6. The molecule has 0 spiro atoms.